The van der Waals surface area contributed by atoms with Gasteiger partial charge in [-0.25, -0.2) is 9.59 Å². The van der Waals surface area contributed by atoms with E-state index in [1.807, 2.05) is 20.8 Å². The van der Waals surface area contributed by atoms with Crippen molar-refractivity contribution in [3.8, 4) is 0 Å². The number of hydrogen-bond acceptors (Lipinski definition) is 3. The molecule has 3 N–H and O–H groups in total. The number of urea groups is 1. The fourth-order valence-electron chi connectivity index (χ4n) is 1.77. The van der Waals surface area contributed by atoms with Crippen LogP contribution in [-0.4, -0.2) is 41.9 Å². The number of carbonyl (C=O) groups is 2. The first kappa shape index (κ1) is 18.7. The van der Waals surface area contributed by atoms with Gasteiger partial charge in [0, 0.05) is 13.2 Å². The Morgan fingerprint density at radius 3 is 2.45 bits per heavy atom. The normalized spacial score (nSPS) is 13.8. The predicted molar refractivity (Wildman–Crippen MR) is 77.8 cm³/mol. The highest BCUT2D eigenvalue weighted by Crippen LogP contribution is 2.12. The first-order chi connectivity index (χ1) is 9.31. The molecule has 0 aliphatic carbocycles. The molecule has 0 aromatic heterocycles. The molecule has 0 spiro atoms. The average molecular weight is 288 g/mol. The number of hydrogen-bond donors (Lipinski definition) is 3. The topological polar surface area (TPSA) is 87.7 Å². The van der Waals surface area contributed by atoms with Gasteiger partial charge in [-0.15, -0.1) is 0 Å². The molecule has 0 aromatic rings. The van der Waals surface area contributed by atoms with Crippen LogP contribution in [0.3, 0.4) is 0 Å². The third kappa shape index (κ3) is 7.99. The van der Waals surface area contributed by atoms with E-state index in [1.165, 1.54) is 6.92 Å². The second-order valence-electron chi connectivity index (χ2n) is 5.39. The maximum absolute atomic E-state index is 11.7. The summed E-state index contributed by atoms with van der Waals surface area (Å²) in [5.41, 5.74) is -1.21. The van der Waals surface area contributed by atoms with Crippen molar-refractivity contribution >= 4 is 12.0 Å². The highest BCUT2D eigenvalue weighted by Gasteiger charge is 2.33. The van der Waals surface area contributed by atoms with Gasteiger partial charge in [0.05, 0.1) is 6.10 Å². The first-order valence-electron chi connectivity index (χ1n) is 7.23. The van der Waals surface area contributed by atoms with Crippen LogP contribution < -0.4 is 10.6 Å². The summed E-state index contributed by atoms with van der Waals surface area (Å²) >= 11 is 0. The summed E-state index contributed by atoms with van der Waals surface area (Å²) < 4.78 is 5.39. The quantitative estimate of drug-likeness (QED) is 0.537. The van der Waals surface area contributed by atoms with Crippen LogP contribution in [-0.2, 0) is 9.53 Å². The molecular formula is C14H28N2O4. The lowest BCUT2D eigenvalue weighted by Gasteiger charge is -2.25. The standard InChI is InChI=1S/C14H28N2O4/c1-5-8-14(4,12(17)18)16-13(19)15-9-6-7-10-20-11(2)3/h11H,5-10H2,1-4H3,(H,17,18)(H2,15,16,19). The summed E-state index contributed by atoms with van der Waals surface area (Å²) in [6.07, 6.45) is 2.98. The molecule has 118 valence electrons. The van der Waals surface area contributed by atoms with Gasteiger partial charge in [0.1, 0.15) is 5.54 Å². The molecule has 0 aliphatic heterocycles. The smallest absolute Gasteiger partial charge is 0.329 e. The number of amides is 2. The van der Waals surface area contributed by atoms with Crippen molar-refractivity contribution in [2.45, 2.75) is 65.0 Å². The van der Waals surface area contributed by atoms with Crippen LogP contribution >= 0.6 is 0 Å². The molecule has 2 amide bonds. The summed E-state index contributed by atoms with van der Waals surface area (Å²) in [6.45, 7) is 8.54. The maximum atomic E-state index is 11.7. The Morgan fingerprint density at radius 1 is 1.30 bits per heavy atom. The molecule has 0 saturated heterocycles. The van der Waals surface area contributed by atoms with Crippen LogP contribution in [0, 0.1) is 0 Å². The molecular weight excluding hydrogens is 260 g/mol. The number of aliphatic carboxylic acids is 1. The Bertz CT molecular complexity index is 308. The number of carboxylic acid groups (broad SMARTS) is 1. The van der Waals surface area contributed by atoms with Gasteiger partial charge in [-0.2, -0.15) is 0 Å². The SMILES string of the molecule is CCCC(C)(NC(=O)NCCCCOC(C)C)C(=O)O. The third-order valence-corrected chi connectivity index (χ3v) is 2.92. The van der Waals surface area contributed by atoms with Crippen LogP contribution in [0.25, 0.3) is 0 Å². The van der Waals surface area contributed by atoms with E-state index in [-0.39, 0.29) is 6.10 Å². The second kappa shape index (κ2) is 9.58. The molecule has 1 atom stereocenters. The maximum Gasteiger partial charge on any atom is 0.329 e. The van der Waals surface area contributed by atoms with Gasteiger partial charge in [-0.3, -0.25) is 0 Å². The Kier molecular flexibility index (Phi) is 8.96. The fourth-order valence-corrected chi connectivity index (χ4v) is 1.77. The molecule has 1 unspecified atom stereocenters. The average Bonchev–Trinajstić information content (AvgIpc) is 2.33. The van der Waals surface area contributed by atoms with Crippen molar-refractivity contribution < 1.29 is 19.4 Å². The highest BCUT2D eigenvalue weighted by molar-refractivity contribution is 5.85. The van der Waals surface area contributed by atoms with E-state index in [1.54, 1.807) is 0 Å². The molecule has 20 heavy (non-hydrogen) atoms. The number of nitrogens with one attached hydrogen (secondary N) is 2. The predicted octanol–water partition coefficient (Wildman–Crippen LogP) is 2.13. The largest absolute Gasteiger partial charge is 0.480 e. The van der Waals surface area contributed by atoms with E-state index in [0.29, 0.717) is 26.0 Å². The third-order valence-electron chi connectivity index (χ3n) is 2.92. The first-order valence-corrected chi connectivity index (χ1v) is 7.23. The lowest BCUT2D eigenvalue weighted by molar-refractivity contribution is -0.144. The lowest BCUT2D eigenvalue weighted by atomic mass is 9.97. The summed E-state index contributed by atoms with van der Waals surface area (Å²) in [7, 11) is 0. The fraction of sp³-hybridized carbons (Fsp3) is 0.857. The van der Waals surface area contributed by atoms with Crippen molar-refractivity contribution in [3.05, 3.63) is 0 Å². The van der Waals surface area contributed by atoms with Crippen molar-refractivity contribution in [2.75, 3.05) is 13.2 Å². The molecule has 0 bridgehead atoms. The van der Waals surface area contributed by atoms with Gasteiger partial charge < -0.3 is 20.5 Å². The molecule has 6 heteroatoms. The van der Waals surface area contributed by atoms with Crippen LogP contribution in [0.1, 0.15) is 53.4 Å². The van der Waals surface area contributed by atoms with Gasteiger partial charge in [0.2, 0.25) is 0 Å². The van der Waals surface area contributed by atoms with E-state index < -0.39 is 17.5 Å². The zero-order valence-electron chi connectivity index (χ0n) is 13.0. The molecule has 0 aromatic carbocycles. The van der Waals surface area contributed by atoms with E-state index >= 15 is 0 Å². The molecule has 6 nitrogen and oxygen atoms in total. The molecule has 0 rings (SSSR count). The number of ether oxygens (including phenoxy) is 1. The van der Waals surface area contributed by atoms with E-state index in [0.717, 1.165) is 12.8 Å². The van der Waals surface area contributed by atoms with E-state index in [2.05, 4.69) is 10.6 Å². The Morgan fingerprint density at radius 2 is 1.95 bits per heavy atom. The van der Waals surface area contributed by atoms with Crippen LogP contribution in [0.5, 0.6) is 0 Å². The Labute approximate surface area is 121 Å². The number of rotatable bonds is 10. The molecule has 0 heterocycles. The van der Waals surface area contributed by atoms with Gasteiger partial charge in [0.15, 0.2) is 0 Å². The molecule has 0 fully saturated rings. The van der Waals surface area contributed by atoms with Crippen molar-refractivity contribution in [1.29, 1.82) is 0 Å². The monoisotopic (exact) mass is 288 g/mol. The molecule has 0 saturated carbocycles. The van der Waals surface area contributed by atoms with Crippen LogP contribution in [0.2, 0.25) is 0 Å². The second-order valence-corrected chi connectivity index (χ2v) is 5.39. The summed E-state index contributed by atoms with van der Waals surface area (Å²) in [5, 5.41) is 14.3. The van der Waals surface area contributed by atoms with E-state index in [4.69, 9.17) is 9.84 Å². The zero-order chi connectivity index (χ0) is 15.6. The summed E-state index contributed by atoms with van der Waals surface area (Å²) in [6, 6.07) is -0.437. The van der Waals surface area contributed by atoms with Crippen molar-refractivity contribution in [3.63, 3.8) is 0 Å². The Hall–Kier alpha value is -1.30. The summed E-state index contributed by atoms with van der Waals surface area (Å²) in [4.78, 5) is 22.8. The zero-order valence-corrected chi connectivity index (χ0v) is 13.0. The van der Waals surface area contributed by atoms with Gasteiger partial charge in [-0.1, -0.05) is 13.3 Å². The number of carboxylic acids is 1. The molecule has 0 aliphatic rings. The van der Waals surface area contributed by atoms with Gasteiger partial charge >= 0.3 is 12.0 Å². The minimum atomic E-state index is -1.21. The van der Waals surface area contributed by atoms with Gasteiger partial charge in [0.25, 0.3) is 0 Å². The minimum Gasteiger partial charge on any atom is -0.480 e. The highest BCUT2D eigenvalue weighted by atomic mass is 16.5. The Balaban J connectivity index is 3.89. The van der Waals surface area contributed by atoms with Crippen LogP contribution in [0.15, 0.2) is 0 Å². The number of unbranched alkanes of at least 4 members (excludes halogenated alkanes) is 1. The number of carbonyl (C=O) groups excluding carboxylic acids is 1. The van der Waals surface area contributed by atoms with Crippen molar-refractivity contribution in [2.24, 2.45) is 0 Å². The van der Waals surface area contributed by atoms with Crippen LogP contribution in [0.4, 0.5) is 4.79 Å². The van der Waals surface area contributed by atoms with Gasteiger partial charge in [-0.05, 0) is 40.0 Å². The minimum absolute atomic E-state index is 0.219. The lowest BCUT2D eigenvalue weighted by Crippen LogP contribution is -2.55. The molecule has 0 radical (unpaired) electrons. The van der Waals surface area contributed by atoms with E-state index in [9.17, 15) is 9.59 Å². The summed E-state index contributed by atoms with van der Waals surface area (Å²) in [5.74, 6) is -1.01. The van der Waals surface area contributed by atoms with Crippen molar-refractivity contribution in [1.82, 2.24) is 10.6 Å².